The highest BCUT2D eigenvalue weighted by atomic mass is 32.2. The van der Waals surface area contributed by atoms with Crippen LogP contribution in [0, 0.1) is 5.41 Å². The molecular weight excluding hydrogens is 284 g/mol. The van der Waals surface area contributed by atoms with E-state index in [2.05, 4.69) is 75.4 Å². The van der Waals surface area contributed by atoms with Crippen molar-refractivity contribution < 1.29 is 0 Å². The smallest absolute Gasteiger partial charge is 0.0110 e. The van der Waals surface area contributed by atoms with Crippen molar-refractivity contribution in [1.82, 2.24) is 0 Å². The SMILES string of the molecule is CC(=Cc1ccccc1)c1ccc2c(c1)SCC(C)(C)CC2. The van der Waals surface area contributed by atoms with Gasteiger partial charge < -0.3 is 0 Å². The third-order valence-corrected chi connectivity index (χ3v) is 6.01. The largest absolute Gasteiger partial charge is 0.125 e. The van der Waals surface area contributed by atoms with Gasteiger partial charge in [-0.2, -0.15) is 0 Å². The molecule has 1 aliphatic rings. The summed E-state index contributed by atoms with van der Waals surface area (Å²) in [6.45, 7) is 6.97. The first-order chi connectivity index (χ1) is 10.5. The minimum absolute atomic E-state index is 0.443. The van der Waals surface area contributed by atoms with Crippen molar-refractivity contribution in [3.8, 4) is 0 Å². The molecule has 0 radical (unpaired) electrons. The zero-order valence-electron chi connectivity index (χ0n) is 13.7. The summed E-state index contributed by atoms with van der Waals surface area (Å²) >= 11 is 2.03. The molecule has 0 saturated heterocycles. The molecule has 1 aliphatic heterocycles. The van der Waals surface area contributed by atoms with E-state index in [1.54, 1.807) is 0 Å². The lowest BCUT2D eigenvalue weighted by Crippen LogP contribution is -2.13. The Morgan fingerprint density at radius 1 is 1.09 bits per heavy atom. The van der Waals surface area contributed by atoms with Gasteiger partial charge in [0.1, 0.15) is 0 Å². The number of rotatable bonds is 2. The average molecular weight is 308 g/mol. The van der Waals surface area contributed by atoms with Crippen LogP contribution in [0.3, 0.4) is 0 Å². The molecule has 1 heteroatoms. The highest BCUT2D eigenvalue weighted by Crippen LogP contribution is 2.39. The first kappa shape index (κ1) is 15.4. The fraction of sp³-hybridized carbons (Fsp3) is 0.333. The monoisotopic (exact) mass is 308 g/mol. The topological polar surface area (TPSA) is 0 Å². The maximum absolute atomic E-state index is 2.39. The Bertz CT molecular complexity index is 680. The molecule has 0 bridgehead atoms. The summed E-state index contributed by atoms with van der Waals surface area (Å²) in [4.78, 5) is 1.48. The Kier molecular flexibility index (Phi) is 4.44. The van der Waals surface area contributed by atoms with E-state index in [-0.39, 0.29) is 0 Å². The predicted octanol–water partition coefficient (Wildman–Crippen LogP) is 6.31. The third-order valence-electron chi connectivity index (χ3n) is 4.39. The van der Waals surface area contributed by atoms with Crippen LogP contribution >= 0.6 is 11.8 Å². The fourth-order valence-electron chi connectivity index (χ4n) is 2.84. The Morgan fingerprint density at radius 3 is 2.64 bits per heavy atom. The van der Waals surface area contributed by atoms with E-state index < -0.39 is 0 Å². The molecule has 22 heavy (non-hydrogen) atoms. The number of thioether (sulfide) groups is 1. The Labute approximate surface area is 138 Å². The molecule has 0 aromatic heterocycles. The molecule has 1 heterocycles. The van der Waals surface area contributed by atoms with E-state index in [0.29, 0.717) is 5.41 Å². The summed E-state index contributed by atoms with van der Waals surface area (Å²) in [7, 11) is 0. The van der Waals surface area contributed by atoms with Gasteiger partial charge >= 0.3 is 0 Å². The molecule has 3 rings (SSSR count). The van der Waals surface area contributed by atoms with Crippen LogP contribution in [0.5, 0.6) is 0 Å². The summed E-state index contributed by atoms with van der Waals surface area (Å²) in [5.41, 5.74) is 5.90. The number of fused-ring (bicyclic) bond motifs is 1. The van der Waals surface area contributed by atoms with Gasteiger partial charge in [0, 0.05) is 10.6 Å². The first-order valence-corrected chi connectivity index (χ1v) is 9.02. The van der Waals surface area contributed by atoms with E-state index in [1.807, 2.05) is 11.8 Å². The van der Waals surface area contributed by atoms with E-state index >= 15 is 0 Å². The number of aryl methyl sites for hydroxylation is 1. The molecule has 0 spiro atoms. The van der Waals surface area contributed by atoms with Crippen LogP contribution in [0.2, 0.25) is 0 Å². The van der Waals surface area contributed by atoms with Gasteiger partial charge in [-0.1, -0.05) is 62.4 Å². The quantitative estimate of drug-likeness (QED) is 0.586. The Hall–Kier alpha value is -1.47. The van der Waals surface area contributed by atoms with Gasteiger partial charge in [0.25, 0.3) is 0 Å². The van der Waals surface area contributed by atoms with E-state index in [4.69, 9.17) is 0 Å². The maximum Gasteiger partial charge on any atom is 0.0110 e. The summed E-state index contributed by atoms with van der Waals surface area (Å²) in [5.74, 6) is 1.21. The van der Waals surface area contributed by atoms with Crippen LogP contribution < -0.4 is 0 Å². The van der Waals surface area contributed by atoms with Gasteiger partial charge in [0.05, 0.1) is 0 Å². The zero-order chi connectivity index (χ0) is 15.6. The molecule has 2 aromatic rings. The van der Waals surface area contributed by atoms with Crippen LogP contribution in [0.15, 0.2) is 53.4 Å². The number of benzene rings is 2. The number of hydrogen-bond donors (Lipinski definition) is 0. The number of allylic oxidation sites excluding steroid dienone is 1. The third kappa shape index (κ3) is 3.64. The lowest BCUT2D eigenvalue weighted by Gasteiger charge is -2.20. The molecule has 0 amide bonds. The second kappa shape index (κ2) is 6.34. The molecule has 0 unspecified atom stereocenters. The van der Waals surface area contributed by atoms with Crippen molar-refractivity contribution in [2.75, 3.05) is 5.75 Å². The van der Waals surface area contributed by atoms with Crippen LogP contribution in [0.4, 0.5) is 0 Å². The normalized spacial score (nSPS) is 17.7. The second-order valence-electron chi connectivity index (χ2n) is 7.01. The van der Waals surface area contributed by atoms with Crippen molar-refractivity contribution in [2.45, 2.75) is 38.5 Å². The molecule has 0 nitrogen and oxygen atoms in total. The molecule has 2 aromatic carbocycles. The van der Waals surface area contributed by atoms with E-state index in [9.17, 15) is 0 Å². The highest BCUT2D eigenvalue weighted by Gasteiger charge is 2.23. The van der Waals surface area contributed by atoms with Gasteiger partial charge in [0.15, 0.2) is 0 Å². The maximum atomic E-state index is 2.39. The van der Waals surface area contributed by atoms with Gasteiger partial charge in [-0.25, -0.2) is 0 Å². The predicted molar refractivity (Wildman–Crippen MR) is 99.3 cm³/mol. The van der Waals surface area contributed by atoms with Crippen LogP contribution in [-0.2, 0) is 6.42 Å². The summed E-state index contributed by atoms with van der Waals surface area (Å²) < 4.78 is 0. The molecule has 0 saturated carbocycles. The Morgan fingerprint density at radius 2 is 1.86 bits per heavy atom. The molecule has 0 aliphatic carbocycles. The van der Waals surface area contributed by atoms with Gasteiger partial charge in [-0.15, -0.1) is 11.8 Å². The zero-order valence-corrected chi connectivity index (χ0v) is 14.5. The standard InChI is InChI=1S/C21H24S/c1-16(13-17-7-5-4-6-8-17)19-10-9-18-11-12-21(2,3)15-22-20(18)14-19/h4-10,13-14H,11-12,15H2,1-3H3. The van der Waals surface area contributed by atoms with Crippen molar-refractivity contribution in [3.63, 3.8) is 0 Å². The van der Waals surface area contributed by atoms with Gasteiger partial charge in [0.2, 0.25) is 0 Å². The minimum Gasteiger partial charge on any atom is -0.125 e. The van der Waals surface area contributed by atoms with Crippen molar-refractivity contribution in [3.05, 3.63) is 65.2 Å². The molecule has 0 N–H and O–H groups in total. The average Bonchev–Trinajstić information content (AvgIpc) is 2.67. The molecule has 0 fully saturated rings. The van der Waals surface area contributed by atoms with E-state index in [0.717, 1.165) is 0 Å². The van der Waals surface area contributed by atoms with Crippen molar-refractivity contribution >= 4 is 23.4 Å². The van der Waals surface area contributed by atoms with Crippen LogP contribution in [0.25, 0.3) is 11.6 Å². The summed E-state index contributed by atoms with van der Waals surface area (Å²) in [6, 6.07) is 17.6. The van der Waals surface area contributed by atoms with Crippen molar-refractivity contribution in [1.29, 1.82) is 0 Å². The first-order valence-electron chi connectivity index (χ1n) is 8.03. The highest BCUT2D eigenvalue weighted by molar-refractivity contribution is 7.99. The summed E-state index contributed by atoms with van der Waals surface area (Å²) in [6.07, 6.45) is 4.76. The van der Waals surface area contributed by atoms with Crippen molar-refractivity contribution in [2.24, 2.45) is 5.41 Å². The second-order valence-corrected chi connectivity index (χ2v) is 8.03. The lowest BCUT2D eigenvalue weighted by atomic mass is 9.88. The van der Waals surface area contributed by atoms with Gasteiger partial charge in [-0.05, 0) is 53.5 Å². The molecule has 114 valence electrons. The fourth-order valence-corrected chi connectivity index (χ4v) is 4.10. The van der Waals surface area contributed by atoms with Crippen LogP contribution in [-0.4, -0.2) is 5.75 Å². The Balaban J connectivity index is 1.88. The van der Waals surface area contributed by atoms with Crippen LogP contribution in [0.1, 0.15) is 43.9 Å². The lowest BCUT2D eigenvalue weighted by molar-refractivity contribution is 0.390. The summed E-state index contributed by atoms with van der Waals surface area (Å²) in [5, 5.41) is 0. The molecule has 0 atom stereocenters. The van der Waals surface area contributed by atoms with E-state index in [1.165, 1.54) is 45.8 Å². The molecular formula is C21H24S. The number of hydrogen-bond acceptors (Lipinski definition) is 1. The minimum atomic E-state index is 0.443. The van der Waals surface area contributed by atoms with Gasteiger partial charge in [-0.3, -0.25) is 0 Å².